The van der Waals surface area contributed by atoms with Crippen molar-refractivity contribution in [1.82, 2.24) is 0 Å². The molecule has 7 heteroatoms. The van der Waals surface area contributed by atoms with E-state index in [2.05, 4.69) is 19.1 Å². The summed E-state index contributed by atoms with van der Waals surface area (Å²) in [6, 6.07) is 10.2. The third-order valence-electron chi connectivity index (χ3n) is 6.20. The van der Waals surface area contributed by atoms with Crippen LogP contribution in [0.5, 0.6) is 0 Å². The largest absolute Gasteiger partial charge is 0.481 e. The molecule has 0 aromatic heterocycles. The van der Waals surface area contributed by atoms with Crippen LogP contribution in [-0.2, 0) is 4.79 Å². The molecule has 176 valence electrons. The average molecular weight is 478 g/mol. The van der Waals surface area contributed by atoms with Gasteiger partial charge in [-0.2, -0.15) is 0 Å². The number of hydrogen-bond acceptors (Lipinski definition) is 6. The summed E-state index contributed by atoms with van der Waals surface area (Å²) in [6.45, 7) is 2.15. The van der Waals surface area contributed by atoms with Gasteiger partial charge in [0, 0.05) is 36.0 Å². The van der Waals surface area contributed by atoms with E-state index in [-0.39, 0.29) is 18.3 Å². The van der Waals surface area contributed by atoms with Gasteiger partial charge in [0.1, 0.15) is 4.87 Å². The molecule has 0 spiro atoms. The minimum absolute atomic E-state index is 0.0482. The summed E-state index contributed by atoms with van der Waals surface area (Å²) >= 11 is 3.38. The summed E-state index contributed by atoms with van der Waals surface area (Å²) in [5.41, 5.74) is 0. The Hall–Kier alpha value is -1.28. The molecule has 32 heavy (non-hydrogen) atoms. The van der Waals surface area contributed by atoms with Crippen LogP contribution >= 0.6 is 23.5 Å². The molecule has 1 saturated carbocycles. The number of benzene rings is 1. The van der Waals surface area contributed by atoms with Gasteiger partial charge >= 0.3 is 5.97 Å². The molecule has 2 aliphatic rings. The fourth-order valence-electron chi connectivity index (χ4n) is 4.58. The zero-order valence-electron chi connectivity index (χ0n) is 18.7. The summed E-state index contributed by atoms with van der Waals surface area (Å²) in [7, 11) is 0. The number of carbonyl (C=O) groups is 1. The number of hydrogen-bond donors (Lipinski definition) is 3. The van der Waals surface area contributed by atoms with Gasteiger partial charge in [0.25, 0.3) is 0 Å². The quantitative estimate of drug-likeness (QED) is 0.277. The molecule has 3 N–H and O–H groups in total. The van der Waals surface area contributed by atoms with Crippen LogP contribution in [0.15, 0.2) is 52.4 Å². The zero-order valence-corrected chi connectivity index (χ0v) is 20.4. The second-order valence-corrected chi connectivity index (χ2v) is 11.3. The number of thioether (sulfide) groups is 2. The van der Waals surface area contributed by atoms with Crippen LogP contribution in [0, 0.1) is 11.8 Å². The lowest BCUT2D eigenvalue weighted by atomic mass is 9.90. The van der Waals surface area contributed by atoms with E-state index in [0.717, 1.165) is 47.8 Å². The first-order valence-corrected chi connectivity index (χ1v) is 13.5. The van der Waals surface area contributed by atoms with Crippen molar-refractivity contribution < 1.29 is 20.1 Å². The highest BCUT2D eigenvalue weighted by Gasteiger charge is 2.56. The van der Waals surface area contributed by atoms with Gasteiger partial charge in [-0.25, -0.2) is 0 Å². The van der Waals surface area contributed by atoms with Gasteiger partial charge in [0.05, 0.1) is 17.3 Å². The molecule has 1 aliphatic carbocycles. The summed E-state index contributed by atoms with van der Waals surface area (Å²) in [5.74, 6) is 0.0813. The number of aliphatic imine (C=N–C) groups is 1. The number of carboxylic acids is 1. The van der Waals surface area contributed by atoms with Gasteiger partial charge < -0.3 is 15.3 Å². The molecule has 5 atom stereocenters. The summed E-state index contributed by atoms with van der Waals surface area (Å²) in [4.78, 5) is 16.6. The number of fused-ring (bicyclic) bond motifs is 1. The minimum Gasteiger partial charge on any atom is -0.481 e. The summed E-state index contributed by atoms with van der Waals surface area (Å²) in [6.07, 6.45) is 9.10. The Balaban J connectivity index is 1.72. The Kier molecular flexibility index (Phi) is 9.71. The third kappa shape index (κ3) is 6.86. The number of carboxylic acid groups (broad SMARTS) is 1. The van der Waals surface area contributed by atoms with Gasteiger partial charge in [-0.15, -0.1) is 11.8 Å². The average Bonchev–Trinajstić information content (AvgIpc) is 3.21. The molecule has 1 heterocycles. The highest BCUT2D eigenvalue weighted by molar-refractivity contribution is 8.14. The van der Waals surface area contributed by atoms with Gasteiger partial charge in [-0.05, 0) is 30.7 Å². The van der Waals surface area contributed by atoms with Crippen molar-refractivity contribution in [1.29, 1.82) is 0 Å². The fourth-order valence-corrected chi connectivity index (χ4v) is 7.19. The third-order valence-corrected chi connectivity index (χ3v) is 8.70. The van der Waals surface area contributed by atoms with E-state index in [4.69, 9.17) is 10.1 Å². The molecule has 3 rings (SSSR count). The molecule has 1 aliphatic heterocycles. The number of aliphatic hydroxyl groups excluding tert-OH is 2. The SMILES string of the molecule is CCCCCC(O)C=CC1C(O)CC2(Sc3ccccc3)N=C(SCCCC(=O)O)CC12. The van der Waals surface area contributed by atoms with E-state index in [0.29, 0.717) is 12.8 Å². The molecule has 0 saturated heterocycles. The van der Waals surface area contributed by atoms with Gasteiger partial charge in [0.15, 0.2) is 0 Å². The van der Waals surface area contributed by atoms with E-state index >= 15 is 0 Å². The fraction of sp³-hybridized carbons (Fsp3) is 0.600. The molecule has 0 amide bonds. The lowest BCUT2D eigenvalue weighted by Crippen LogP contribution is -2.25. The van der Waals surface area contributed by atoms with E-state index in [9.17, 15) is 15.0 Å². The normalized spacial score (nSPS) is 28.1. The molecular weight excluding hydrogens is 442 g/mol. The predicted molar refractivity (Wildman–Crippen MR) is 133 cm³/mol. The Morgan fingerprint density at radius 3 is 2.78 bits per heavy atom. The van der Waals surface area contributed by atoms with Gasteiger partial charge in [-0.3, -0.25) is 9.79 Å². The standard InChI is InChI=1S/C25H35NO4S2/c1-2-3-5-9-18(27)13-14-20-21-16-23(31-15-8-12-24(29)30)26-25(21,17-22(20)28)32-19-10-6-4-7-11-19/h4,6-7,10-11,13-14,18,20-22,27-28H,2-3,5,8-9,12,15-17H2,1H3,(H,29,30). The molecule has 0 bridgehead atoms. The van der Waals surface area contributed by atoms with Crippen molar-refractivity contribution in [2.45, 2.75) is 80.3 Å². The molecular formula is C25H35NO4S2. The zero-order chi connectivity index (χ0) is 23.0. The van der Waals surface area contributed by atoms with Gasteiger partial charge in [-0.1, -0.05) is 68.3 Å². The van der Waals surface area contributed by atoms with Crippen molar-refractivity contribution in [3.8, 4) is 0 Å². The Morgan fingerprint density at radius 2 is 2.06 bits per heavy atom. The number of rotatable bonds is 12. The topological polar surface area (TPSA) is 90.1 Å². The second kappa shape index (κ2) is 12.3. The lowest BCUT2D eigenvalue weighted by Gasteiger charge is -2.27. The number of aliphatic hydroxyl groups is 2. The first-order chi connectivity index (χ1) is 15.4. The number of nitrogens with zero attached hydrogens (tertiary/aromatic N) is 1. The highest BCUT2D eigenvalue weighted by Crippen LogP contribution is 2.58. The summed E-state index contributed by atoms with van der Waals surface area (Å²) < 4.78 is 0. The maximum Gasteiger partial charge on any atom is 0.303 e. The lowest BCUT2D eigenvalue weighted by molar-refractivity contribution is -0.137. The Labute approximate surface area is 199 Å². The molecule has 5 nitrogen and oxygen atoms in total. The van der Waals surface area contributed by atoms with Crippen LogP contribution < -0.4 is 0 Å². The van der Waals surface area contributed by atoms with E-state index < -0.39 is 23.0 Å². The molecule has 1 fully saturated rings. The van der Waals surface area contributed by atoms with Crippen LogP contribution in [0.25, 0.3) is 0 Å². The van der Waals surface area contributed by atoms with E-state index in [1.807, 2.05) is 30.4 Å². The van der Waals surface area contributed by atoms with Crippen LogP contribution in [0.4, 0.5) is 0 Å². The van der Waals surface area contributed by atoms with E-state index in [1.165, 1.54) is 0 Å². The first-order valence-electron chi connectivity index (χ1n) is 11.7. The minimum atomic E-state index is -0.766. The first kappa shape index (κ1) is 25.3. The van der Waals surface area contributed by atoms with Crippen LogP contribution in [0.3, 0.4) is 0 Å². The predicted octanol–water partition coefficient (Wildman–Crippen LogP) is 5.37. The van der Waals surface area contributed by atoms with Crippen LogP contribution in [0.1, 0.15) is 58.3 Å². The molecule has 1 aromatic carbocycles. The molecule has 0 radical (unpaired) electrons. The second-order valence-electron chi connectivity index (χ2n) is 8.72. The number of aliphatic carboxylic acids is 1. The van der Waals surface area contributed by atoms with Crippen molar-refractivity contribution in [3.05, 3.63) is 42.5 Å². The van der Waals surface area contributed by atoms with Crippen molar-refractivity contribution in [2.75, 3.05) is 5.75 Å². The highest BCUT2D eigenvalue weighted by atomic mass is 32.2. The number of unbranched alkanes of at least 4 members (excludes halogenated alkanes) is 2. The summed E-state index contributed by atoms with van der Waals surface area (Å²) in [5, 5.41) is 31.2. The smallest absolute Gasteiger partial charge is 0.303 e. The molecule has 5 unspecified atom stereocenters. The molecule has 1 aromatic rings. The van der Waals surface area contributed by atoms with Crippen molar-refractivity contribution >= 4 is 34.5 Å². The Morgan fingerprint density at radius 1 is 1.28 bits per heavy atom. The maximum absolute atomic E-state index is 10.9. The van der Waals surface area contributed by atoms with Crippen LogP contribution in [-0.4, -0.2) is 49.2 Å². The van der Waals surface area contributed by atoms with Crippen molar-refractivity contribution in [2.24, 2.45) is 16.8 Å². The van der Waals surface area contributed by atoms with Gasteiger partial charge in [0.2, 0.25) is 0 Å². The van der Waals surface area contributed by atoms with E-state index in [1.54, 1.807) is 23.5 Å². The van der Waals surface area contributed by atoms with Crippen LogP contribution in [0.2, 0.25) is 0 Å². The Bertz CT molecular complexity index is 800. The maximum atomic E-state index is 10.9. The van der Waals surface area contributed by atoms with Crippen molar-refractivity contribution in [3.63, 3.8) is 0 Å². The monoisotopic (exact) mass is 477 g/mol.